The van der Waals surface area contributed by atoms with E-state index in [0.29, 0.717) is 23.7 Å². The zero-order valence-corrected chi connectivity index (χ0v) is 26.1. The van der Waals surface area contributed by atoms with Crippen molar-refractivity contribution < 1.29 is 23.8 Å². The van der Waals surface area contributed by atoms with Crippen LogP contribution in [0, 0.1) is 52.3 Å². The van der Waals surface area contributed by atoms with Crippen molar-refractivity contribution in [3.63, 3.8) is 0 Å². The summed E-state index contributed by atoms with van der Waals surface area (Å²) in [5, 5.41) is 0. The molecule has 0 radical (unpaired) electrons. The van der Waals surface area contributed by atoms with Crippen molar-refractivity contribution in [1.82, 2.24) is 0 Å². The van der Waals surface area contributed by atoms with Gasteiger partial charge in [-0.1, -0.05) is 57.4 Å². The SMILES string of the molecule is C.C.C.C.CCC(C)(C)C(=O)OC1(CC)C2CC3CC(C2)CC1C3.CCC(C)(C)C(=O)OC1(CC)C2CC3COC1C3C2. The van der Waals surface area contributed by atoms with Crippen LogP contribution in [0.5, 0.6) is 0 Å². The lowest BCUT2D eigenvalue weighted by Crippen LogP contribution is -2.60. The van der Waals surface area contributed by atoms with E-state index < -0.39 is 0 Å². The number of carbonyl (C=O) groups is 2. The normalized spacial score (nSPS) is 39.3. The molecule has 254 valence electrons. The van der Waals surface area contributed by atoms with Gasteiger partial charge < -0.3 is 14.2 Å². The number of esters is 2. The molecule has 5 nitrogen and oxygen atoms in total. The van der Waals surface area contributed by atoms with E-state index in [1.54, 1.807) is 0 Å². The summed E-state index contributed by atoms with van der Waals surface area (Å²) in [7, 11) is 0. The second-order valence-corrected chi connectivity index (χ2v) is 15.5. The van der Waals surface area contributed by atoms with E-state index in [1.807, 2.05) is 34.6 Å². The fourth-order valence-corrected chi connectivity index (χ4v) is 9.62. The Labute approximate surface area is 267 Å². The number of ether oxygens (including phenoxy) is 3. The molecule has 0 N–H and O–H groups in total. The van der Waals surface area contributed by atoms with Crippen LogP contribution in [0.2, 0.25) is 0 Å². The Morgan fingerprint density at radius 3 is 1.49 bits per heavy atom. The number of hydrogen-bond donors (Lipinski definition) is 0. The van der Waals surface area contributed by atoms with Crippen LogP contribution in [0.3, 0.4) is 0 Å². The van der Waals surface area contributed by atoms with Crippen LogP contribution in [-0.4, -0.2) is 35.9 Å². The molecule has 7 aliphatic rings. The minimum absolute atomic E-state index is 0. The van der Waals surface area contributed by atoms with Crippen LogP contribution in [0.1, 0.15) is 156 Å². The fraction of sp³-hybridized carbons (Fsp3) is 0.947. The van der Waals surface area contributed by atoms with Crippen LogP contribution < -0.4 is 0 Å². The minimum atomic E-state index is -0.387. The van der Waals surface area contributed by atoms with Crippen molar-refractivity contribution in [2.24, 2.45) is 52.3 Å². The third-order valence-electron chi connectivity index (χ3n) is 12.9. The summed E-state index contributed by atoms with van der Waals surface area (Å²) in [6.07, 6.45) is 12.8. The van der Waals surface area contributed by atoms with Gasteiger partial charge in [0.2, 0.25) is 0 Å². The molecule has 1 heterocycles. The molecule has 7 fully saturated rings. The molecule has 0 aromatic carbocycles. The first kappa shape index (κ1) is 39.9. The van der Waals surface area contributed by atoms with Gasteiger partial charge in [-0.15, -0.1) is 0 Å². The summed E-state index contributed by atoms with van der Waals surface area (Å²) in [5.74, 6) is 5.02. The van der Waals surface area contributed by atoms with Crippen LogP contribution in [0.25, 0.3) is 0 Å². The van der Waals surface area contributed by atoms with Gasteiger partial charge in [-0.05, 0) is 134 Å². The van der Waals surface area contributed by atoms with E-state index in [4.69, 9.17) is 14.2 Å². The van der Waals surface area contributed by atoms with Crippen LogP contribution >= 0.6 is 0 Å². The number of rotatable bonds is 8. The highest BCUT2D eigenvalue weighted by Gasteiger charge is 2.67. The van der Waals surface area contributed by atoms with Gasteiger partial charge in [0.05, 0.1) is 17.4 Å². The number of hydrogen-bond acceptors (Lipinski definition) is 5. The van der Waals surface area contributed by atoms with Crippen molar-refractivity contribution >= 4 is 11.9 Å². The molecule has 6 bridgehead atoms. The molecule has 5 atom stereocenters. The molecule has 0 aromatic heterocycles. The van der Waals surface area contributed by atoms with E-state index in [1.165, 1.54) is 44.9 Å². The standard InChI is InChI=1S/C18H30O2.C16H26O3.4CH4/c1-5-17(3,4)16(19)20-18(6-2)14-8-12-7-13(10-14)11-15(18)9-12;1-5-15(3,4)14(17)19-16(6-2)11-7-10-9-18-13(16)12(10)8-11;;;;/h12-15H,5-11H2,1-4H3;10-13H,5-9H2,1-4H3;4*1H4. The second-order valence-electron chi connectivity index (χ2n) is 15.5. The second kappa shape index (κ2) is 14.1. The highest BCUT2D eigenvalue weighted by molar-refractivity contribution is 5.77. The molecule has 6 saturated carbocycles. The van der Waals surface area contributed by atoms with Gasteiger partial charge in [-0.2, -0.15) is 0 Å². The zero-order chi connectivity index (χ0) is 28.4. The Morgan fingerprint density at radius 2 is 1.07 bits per heavy atom. The molecule has 0 amide bonds. The first-order valence-corrected chi connectivity index (χ1v) is 16.4. The summed E-state index contributed by atoms with van der Waals surface area (Å²) < 4.78 is 18.4. The quantitative estimate of drug-likeness (QED) is 0.257. The van der Waals surface area contributed by atoms with Crippen molar-refractivity contribution in [3.8, 4) is 0 Å². The van der Waals surface area contributed by atoms with Gasteiger partial charge in [-0.25, -0.2) is 0 Å². The highest BCUT2D eigenvalue weighted by atomic mass is 16.6. The molecule has 5 unspecified atom stereocenters. The molecule has 6 aliphatic carbocycles. The zero-order valence-electron chi connectivity index (χ0n) is 26.1. The summed E-state index contributed by atoms with van der Waals surface area (Å²) in [5.41, 5.74) is -1.18. The molecule has 1 aliphatic heterocycles. The minimum Gasteiger partial charge on any atom is -0.458 e. The Balaban J connectivity index is 0.000000394. The Hall–Kier alpha value is -1.10. The monoisotopic (exact) mass is 609 g/mol. The van der Waals surface area contributed by atoms with Gasteiger partial charge in [0.1, 0.15) is 17.3 Å². The molecule has 0 aromatic rings. The van der Waals surface area contributed by atoms with Crippen LogP contribution in [0.4, 0.5) is 0 Å². The first-order chi connectivity index (χ1) is 18.4. The molecular formula is C38H72O5. The van der Waals surface area contributed by atoms with Gasteiger partial charge in [0.25, 0.3) is 0 Å². The molecular weight excluding hydrogens is 536 g/mol. The predicted molar refractivity (Wildman–Crippen MR) is 180 cm³/mol. The fourth-order valence-electron chi connectivity index (χ4n) is 9.62. The third-order valence-corrected chi connectivity index (χ3v) is 12.9. The smallest absolute Gasteiger partial charge is 0.312 e. The average molecular weight is 609 g/mol. The Kier molecular flexibility index (Phi) is 13.1. The molecule has 43 heavy (non-hydrogen) atoms. The van der Waals surface area contributed by atoms with Crippen LogP contribution in [-0.2, 0) is 23.8 Å². The summed E-state index contributed by atoms with van der Waals surface area (Å²) >= 11 is 0. The summed E-state index contributed by atoms with van der Waals surface area (Å²) in [6.45, 7) is 17.4. The predicted octanol–water partition coefficient (Wildman–Crippen LogP) is 10.3. The van der Waals surface area contributed by atoms with Gasteiger partial charge >= 0.3 is 11.9 Å². The van der Waals surface area contributed by atoms with E-state index in [0.717, 1.165) is 50.0 Å². The molecule has 1 saturated heterocycles. The summed E-state index contributed by atoms with van der Waals surface area (Å²) in [6, 6.07) is 0. The van der Waals surface area contributed by atoms with E-state index >= 15 is 0 Å². The van der Waals surface area contributed by atoms with Gasteiger partial charge in [0, 0.05) is 5.92 Å². The van der Waals surface area contributed by atoms with Crippen molar-refractivity contribution in [3.05, 3.63) is 0 Å². The van der Waals surface area contributed by atoms with E-state index in [9.17, 15) is 9.59 Å². The number of carbonyl (C=O) groups excluding carboxylic acids is 2. The Bertz CT molecular complexity index is 907. The maximum absolute atomic E-state index is 12.6. The van der Waals surface area contributed by atoms with Crippen molar-refractivity contribution in [2.75, 3.05) is 6.61 Å². The van der Waals surface area contributed by atoms with E-state index in [-0.39, 0.29) is 69.8 Å². The van der Waals surface area contributed by atoms with E-state index in [2.05, 4.69) is 20.8 Å². The van der Waals surface area contributed by atoms with Crippen molar-refractivity contribution in [2.45, 2.75) is 173 Å². The maximum Gasteiger partial charge on any atom is 0.312 e. The first-order valence-electron chi connectivity index (χ1n) is 16.4. The van der Waals surface area contributed by atoms with Crippen molar-refractivity contribution in [1.29, 1.82) is 0 Å². The maximum atomic E-state index is 12.6. The molecule has 7 rings (SSSR count). The van der Waals surface area contributed by atoms with Crippen LogP contribution in [0.15, 0.2) is 0 Å². The van der Waals surface area contributed by atoms with Gasteiger partial charge in [-0.3, -0.25) is 9.59 Å². The Morgan fingerprint density at radius 1 is 0.651 bits per heavy atom. The lowest BCUT2D eigenvalue weighted by Gasteiger charge is -2.60. The average Bonchev–Trinajstić information content (AvgIpc) is 3.55. The summed E-state index contributed by atoms with van der Waals surface area (Å²) in [4.78, 5) is 25.1. The molecule has 0 spiro atoms. The topological polar surface area (TPSA) is 61.8 Å². The molecule has 5 heteroatoms. The lowest BCUT2D eigenvalue weighted by atomic mass is 9.49. The third kappa shape index (κ3) is 6.46. The highest BCUT2D eigenvalue weighted by Crippen LogP contribution is 2.62. The van der Waals surface area contributed by atoms with Gasteiger partial charge in [0.15, 0.2) is 0 Å². The number of fused-ring (bicyclic) bond motifs is 1. The lowest BCUT2D eigenvalue weighted by molar-refractivity contribution is -0.218. The largest absolute Gasteiger partial charge is 0.458 e.